The van der Waals surface area contributed by atoms with Gasteiger partial charge in [-0.15, -0.1) is 0 Å². The number of rotatable bonds is 6. The molecule has 0 saturated carbocycles. The minimum Gasteiger partial charge on any atom is -0.457 e. The van der Waals surface area contributed by atoms with Crippen molar-refractivity contribution in [3.8, 4) is 56.0 Å². The van der Waals surface area contributed by atoms with Crippen molar-refractivity contribution in [2.24, 2.45) is 0 Å². The van der Waals surface area contributed by atoms with Crippen LogP contribution in [0.25, 0.3) is 55.3 Å². The second-order valence-corrected chi connectivity index (χ2v) is 16.0. The lowest BCUT2D eigenvalue weighted by molar-refractivity contribution is 0.436. The van der Waals surface area contributed by atoms with E-state index >= 15 is 0 Å². The van der Waals surface area contributed by atoms with Gasteiger partial charge in [0.1, 0.15) is 11.5 Å². The van der Waals surface area contributed by atoms with Crippen molar-refractivity contribution < 1.29 is 4.74 Å². The van der Waals surface area contributed by atoms with Crippen molar-refractivity contribution in [3.63, 3.8) is 0 Å². The molecular weight excluding hydrogens is 739 g/mol. The maximum absolute atomic E-state index is 6.74. The van der Waals surface area contributed by atoms with E-state index in [0.29, 0.717) is 0 Å². The van der Waals surface area contributed by atoms with Gasteiger partial charge in [0, 0.05) is 28.2 Å². The molecule has 1 aliphatic carbocycles. The molecule has 2 nitrogen and oxygen atoms in total. The quantitative estimate of drug-likeness (QED) is 0.167. The van der Waals surface area contributed by atoms with E-state index in [1.54, 1.807) is 0 Å². The number of anilines is 3. The first kappa shape index (κ1) is 35.0. The number of benzene rings is 10. The molecule has 0 radical (unpaired) electrons. The fourth-order valence-electron chi connectivity index (χ4n) is 9.99. The molecule has 10 aromatic carbocycles. The summed E-state index contributed by atoms with van der Waals surface area (Å²) in [5.74, 6) is 1.77. The summed E-state index contributed by atoms with van der Waals surface area (Å²) in [4.78, 5) is 2.40. The van der Waals surface area contributed by atoms with Crippen LogP contribution in [0.2, 0.25) is 0 Å². The van der Waals surface area contributed by atoms with Crippen LogP contribution in [0, 0.1) is 0 Å². The smallest absolute Gasteiger partial charge is 0.132 e. The van der Waals surface area contributed by atoms with Gasteiger partial charge in [-0.05, 0) is 121 Å². The van der Waals surface area contributed by atoms with Crippen LogP contribution in [0.1, 0.15) is 22.3 Å². The van der Waals surface area contributed by atoms with Crippen LogP contribution in [0.15, 0.2) is 237 Å². The van der Waals surface area contributed by atoms with E-state index in [2.05, 4.69) is 241 Å². The van der Waals surface area contributed by atoms with E-state index in [-0.39, 0.29) is 0 Å². The molecule has 1 aliphatic heterocycles. The Morgan fingerprint density at radius 2 is 0.803 bits per heavy atom. The molecule has 0 fully saturated rings. The van der Waals surface area contributed by atoms with Gasteiger partial charge in [-0.1, -0.05) is 182 Å². The van der Waals surface area contributed by atoms with Crippen LogP contribution in [0.5, 0.6) is 11.5 Å². The lowest BCUT2D eigenvalue weighted by atomic mass is 9.66. The summed E-state index contributed by atoms with van der Waals surface area (Å²) in [5, 5.41) is 2.49. The molecule has 1 heterocycles. The van der Waals surface area contributed by atoms with E-state index in [9.17, 15) is 0 Å². The van der Waals surface area contributed by atoms with E-state index < -0.39 is 5.41 Å². The zero-order valence-electron chi connectivity index (χ0n) is 33.4. The highest BCUT2D eigenvalue weighted by atomic mass is 16.5. The number of para-hydroxylation sites is 2. The third-order valence-corrected chi connectivity index (χ3v) is 12.7. The number of hydrogen-bond donors (Lipinski definition) is 0. The molecule has 0 N–H and O–H groups in total. The number of nitrogens with zero attached hydrogens (tertiary/aromatic N) is 1. The molecule has 61 heavy (non-hydrogen) atoms. The molecule has 0 aromatic heterocycles. The van der Waals surface area contributed by atoms with Crippen LogP contribution in [0.3, 0.4) is 0 Å². The highest BCUT2D eigenvalue weighted by Gasteiger charge is 2.51. The summed E-state index contributed by atoms with van der Waals surface area (Å²) < 4.78 is 6.74. The maximum atomic E-state index is 6.74. The predicted octanol–water partition coefficient (Wildman–Crippen LogP) is 15.8. The first-order chi connectivity index (χ1) is 30.2. The zero-order chi connectivity index (χ0) is 40.3. The molecule has 0 atom stereocenters. The number of ether oxygens (including phenoxy) is 1. The van der Waals surface area contributed by atoms with Gasteiger partial charge in [0.15, 0.2) is 0 Å². The van der Waals surface area contributed by atoms with Gasteiger partial charge in [0.05, 0.1) is 5.41 Å². The summed E-state index contributed by atoms with van der Waals surface area (Å²) >= 11 is 0. The Labute approximate surface area is 356 Å². The lowest BCUT2D eigenvalue weighted by Crippen LogP contribution is -2.32. The largest absolute Gasteiger partial charge is 0.457 e. The average molecular weight is 778 g/mol. The summed E-state index contributed by atoms with van der Waals surface area (Å²) in [6.45, 7) is 0. The second-order valence-electron chi connectivity index (χ2n) is 16.0. The Balaban J connectivity index is 1.09. The molecule has 2 heteroatoms. The van der Waals surface area contributed by atoms with Gasteiger partial charge < -0.3 is 9.64 Å². The van der Waals surface area contributed by atoms with Crippen LogP contribution >= 0.6 is 0 Å². The van der Waals surface area contributed by atoms with Gasteiger partial charge in [0.2, 0.25) is 0 Å². The average Bonchev–Trinajstić information content (AvgIpc) is 3.61. The first-order valence-corrected chi connectivity index (χ1v) is 21.0. The van der Waals surface area contributed by atoms with Crippen molar-refractivity contribution in [1.82, 2.24) is 0 Å². The van der Waals surface area contributed by atoms with E-state index in [1.807, 2.05) is 0 Å². The standard InChI is InChI=1S/C59H39NO/c1-3-14-40(15-4-1)42-26-31-46(32-27-42)60(47-33-28-43(29-34-47)41-16-5-2-6-17-41)48-35-36-51-52-38-45(50-21-13-19-44-18-7-8-20-49(44)50)30-37-53(52)59(56(51)39-48)54-22-9-11-24-57(54)61-58-25-12-10-23-55(58)59/h1-39H. The first-order valence-electron chi connectivity index (χ1n) is 21.0. The molecule has 0 bridgehead atoms. The summed E-state index contributed by atoms with van der Waals surface area (Å²) in [5.41, 5.74) is 17.1. The molecule has 0 amide bonds. The van der Waals surface area contributed by atoms with Crippen LogP contribution < -0.4 is 9.64 Å². The van der Waals surface area contributed by atoms with Crippen molar-refractivity contribution >= 4 is 27.8 Å². The van der Waals surface area contributed by atoms with Crippen molar-refractivity contribution in [2.75, 3.05) is 4.90 Å². The molecule has 10 aromatic rings. The SMILES string of the molecule is c1ccc(-c2ccc(N(c3ccc(-c4ccccc4)cc3)c3ccc4c(c3)C3(c5ccccc5Oc5ccccc53)c3ccc(-c5cccc6ccccc56)cc3-4)cc2)cc1. The minimum absolute atomic E-state index is 0.622. The van der Waals surface area contributed by atoms with Gasteiger partial charge in [-0.2, -0.15) is 0 Å². The van der Waals surface area contributed by atoms with Crippen molar-refractivity contribution in [2.45, 2.75) is 5.41 Å². The van der Waals surface area contributed by atoms with E-state index in [0.717, 1.165) is 39.7 Å². The maximum Gasteiger partial charge on any atom is 0.132 e. The fourth-order valence-corrected chi connectivity index (χ4v) is 9.99. The highest BCUT2D eigenvalue weighted by Crippen LogP contribution is 2.63. The topological polar surface area (TPSA) is 12.5 Å². The Bertz CT molecular complexity index is 3130. The minimum atomic E-state index is -0.622. The Kier molecular flexibility index (Phi) is 8.11. The fraction of sp³-hybridized carbons (Fsp3) is 0.0169. The van der Waals surface area contributed by atoms with E-state index in [4.69, 9.17) is 4.74 Å². The molecular formula is C59H39NO. The Hall–Kier alpha value is -7.94. The molecule has 0 unspecified atom stereocenters. The van der Waals surface area contributed by atoms with Crippen molar-refractivity contribution in [3.05, 3.63) is 259 Å². The van der Waals surface area contributed by atoms with Gasteiger partial charge >= 0.3 is 0 Å². The Morgan fingerprint density at radius 3 is 1.44 bits per heavy atom. The molecule has 2 aliphatic rings. The van der Waals surface area contributed by atoms with Crippen LogP contribution in [-0.4, -0.2) is 0 Å². The molecule has 286 valence electrons. The molecule has 0 saturated heterocycles. The van der Waals surface area contributed by atoms with Crippen molar-refractivity contribution in [1.29, 1.82) is 0 Å². The monoisotopic (exact) mass is 777 g/mol. The lowest BCUT2D eigenvalue weighted by Gasteiger charge is -2.39. The molecule has 12 rings (SSSR count). The van der Waals surface area contributed by atoms with Crippen LogP contribution in [0.4, 0.5) is 17.1 Å². The third kappa shape index (κ3) is 5.57. The van der Waals surface area contributed by atoms with Gasteiger partial charge in [-0.25, -0.2) is 0 Å². The van der Waals surface area contributed by atoms with Gasteiger partial charge in [0.25, 0.3) is 0 Å². The second kappa shape index (κ2) is 14.1. The normalized spacial score (nSPS) is 12.9. The number of hydrogen-bond acceptors (Lipinski definition) is 2. The van der Waals surface area contributed by atoms with E-state index in [1.165, 1.54) is 66.4 Å². The van der Waals surface area contributed by atoms with Gasteiger partial charge in [-0.3, -0.25) is 0 Å². The predicted molar refractivity (Wildman–Crippen MR) is 252 cm³/mol. The zero-order valence-corrected chi connectivity index (χ0v) is 33.4. The third-order valence-electron chi connectivity index (χ3n) is 12.7. The number of fused-ring (bicyclic) bond motifs is 10. The Morgan fingerprint density at radius 1 is 0.295 bits per heavy atom. The highest BCUT2D eigenvalue weighted by molar-refractivity contribution is 5.99. The van der Waals surface area contributed by atoms with Crippen LogP contribution in [-0.2, 0) is 5.41 Å². The molecule has 1 spiro atoms. The summed E-state index contributed by atoms with van der Waals surface area (Å²) in [7, 11) is 0. The summed E-state index contributed by atoms with van der Waals surface area (Å²) in [6.07, 6.45) is 0. The summed E-state index contributed by atoms with van der Waals surface area (Å²) in [6, 6.07) is 85.9.